The quantitative estimate of drug-likeness (QED) is 0.0177. The van der Waals surface area contributed by atoms with Gasteiger partial charge in [-0.15, -0.1) is 0 Å². The topological polar surface area (TPSA) is 569 Å². The van der Waals surface area contributed by atoms with Crippen LogP contribution < -0.4 is 26.1 Å². The van der Waals surface area contributed by atoms with Crippen molar-refractivity contribution in [3.8, 4) is 0 Å². The maximum absolute atomic E-state index is 15.2. The Morgan fingerprint density at radius 2 is 0.925 bits per heavy atom. The minimum absolute atomic E-state index is 0.0607. The number of hydrazine groups is 1. The van der Waals surface area contributed by atoms with E-state index in [9.17, 15) is 82.6 Å². The van der Waals surface area contributed by atoms with Crippen LogP contribution in [0.5, 0.6) is 0 Å². The van der Waals surface area contributed by atoms with Crippen LogP contribution in [0, 0.1) is 0 Å². The van der Waals surface area contributed by atoms with Gasteiger partial charge in [-0.1, -0.05) is 102 Å². The van der Waals surface area contributed by atoms with Gasteiger partial charge in [0, 0.05) is 22.3 Å². The molecule has 0 saturated carbocycles. The van der Waals surface area contributed by atoms with Gasteiger partial charge in [0.05, 0.1) is 55.6 Å². The van der Waals surface area contributed by atoms with Crippen LogP contribution in [0.15, 0.2) is 212 Å². The number of nitrogens with zero attached hydrogens (tertiary/aromatic N) is 12. The molecule has 1 unspecified atom stereocenters. The monoisotopic (exact) mass is 1650 g/mol. The smallest absolute Gasteiger partial charge is 0.297 e. The van der Waals surface area contributed by atoms with Crippen LogP contribution in [0.4, 0.5) is 22.7 Å². The van der Waals surface area contributed by atoms with E-state index in [1.54, 1.807) is 0 Å². The number of rotatable bonds is 16. The number of hydrogen-bond donors (Lipinski definition) is 10. The average Bonchev–Trinajstić information content (AvgIpc) is 1.58. The molecule has 0 fully saturated rings. The molecule has 1 aromatic heterocycles. The summed E-state index contributed by atoms with van der Waals surface area (Å²) in [4.78, 5) is 55.2. The van der Waals surface area contributed by atoms with Gasteiger partial charge in [-0.25, -0.2) is 63.8 Å². The molecule has 6 aliphatic rings. The highest BCUT2D eigenvalue weighted by molar-refractivity contribution is 7.93. The molecular formula is C60H37Cl3N16O21S7. The first kappa shape index (κ1) is 73.4. The molecule has 8 bridgehead atoms. The molecule has 8 aromatic rings. The molecule has 47 heteroatoms. The van der Waals surface area contributed by atoms with Gasteiger partial charge in [0.25, 0.3) is 76.6 Å². The summed E-state index contributed by atoms with van der Waals surface area (Å²) in [6, 6.07) is 21.6. The number of amidine groups is 8. The number of anilines is 3. The van der Waals surface area contributed by atoms with Crippen molar-refractivity contribution in [2.45, 2.75) is 47.2 Å². The Morgan fingerprint density at radius 3 is 1.38 bits per heavy atom. The standard InChI is InChI=1S/C60H37Cl3N16O21S7/c1-25-47(59(80)79(77-25)35-21-18-26(23-41(35)106(95,96)97)17-19-27-7-2-12-33(48(27)107(98,99)100)64-58-46(61)49(62)65-60(63)74-58)76-75-34-24-28(20-22-36(34)102(83,84)85)78-101(81,82)37-13-3-8-29-42(37)54-66-50(29)68-55-44-31(10-5-15-39(44)104(89,90)91)52(70-55)72-57-45-32(11-6-16-40(45)105(92,93)94)53(73-57)71-56-43-30(51(67-54)69-56)9-4-14-38(43)103(86,87)88/h2-24,47,75-76,78H,1H3,(H,64,65,74)(H,83,84,85)(H,86,87,88)(H,89,90,91)(H,92,93,94)(H,95,96,97)(H,98,99,100). The van der Waals surface area contributed by atoms with Crippen LogP contribution in [0.3, 0.4) is 0 Å². The Balaban J connectivity index is 0.811. The Morgan fingerprint density at radius 1 is 0.486 bits per heavy atom. The van der Waals surface area contributed by atoms with Gasteiger partial charge < -0.3 is 10.4 Å². The number of hydrogen-bond acceptors (Lipinski definition) is 28. The van der Waals surface area contributed by atoms with Gasteiger partial charge in [0.2, 0.25) is 5.28 Å². The van der Waals surface area contributed by atoms with Gasteiger partial charge in [0.15, 0.2) is 57.3 Å². The van der Waals surface area contributed by atoms with Crippen molar-refractivity contribution in [2.24, 2.45) is 50.0 Å². The summed E-state index contributed by atoms with van der Waals surface area (Å²) in [5.74, 6) is -5.24. The molecule has 546 valence electrons. The Bertz CT molecular complexity index is 6740. The minimum Gasteiger partial charge on any atom is -0.319 e. The van der Waals surface area contributed by atoms with E-state index < -0.39 is 197 Å². The fourth-order valence-corrected chi connectivity index (χ4v) is 17.7. The van der Waals surface area contributed by atoms with Crippen LogP contribution in [0.25, 0.3) is 12.2 Å². The van der Waals surface area contributed by atoms with Crippen molar-refractivity contribution in [1.29, 1.82) is 0 Å². The second-order valence-electron chi connectivity index (χ2n) is 22.8. The lowest BCUT2D eigenvalue weighted by atomic mass is 10.1. The molecule has 14 rings (SSSR count). The van der Waals surface area contributed by atoms with Crippen LogP contribution >= 0.6 is 34.8 Å². The third kappa shape index (κ3) is 13.7. The van der Waals surface area contributed by atoms with Crippen molar-refractivity contribution in [3.05, 3.63) is 204 Å². The lowest BCUT2D eigenvalue weighted by Gasteiger charge is -2.19. The minimum atomic E-state index is -5.29. The van der Waals surface area contributed by atoms with Crippen LogP contribution in [-0.2, 0) is 75.5 Å². The van der Waals surface area contributed by atoms with Crippen molar-refractivity contribution < 1.29 is 91.0 Å². The first-order chi connectivity index (χ1) is 50.1. The zero-order valence-corrected chi connectivity index (χ0v) is 60.5. The SMILES string of the molecule is CC1=NN(c2ccc(C=Cc3cccc(N=c4[nH]c(Cl)nc(Cl)c4Cl)c3S(=O)(=O)O)cc2S(=O)(=O)O)C(=O)C1NNc1cc(NS(=O)(=O)c2cccc3c2C2=NC4=NC(=NC5=NC(=NC6=NC(=NC3=N2)c2c6cccc2S(=O)(=O)O)c2c5cccc2S(=O)(=O)O)c2c4cccc2S(=O)(=O)O)ccc1S(=O)(=O)O. The molecule has 1 atom stereocenters. The summed E-state index contributed by atoms with van der Waals surface area (Å²) < 4.78 is 252. The fourth-order valence-electron chi connectivity index (χ4n) is 11.6. The lowest BCUT2D eigenvalue weighted by Crippen LogP contribution is -2.46. The van der Waals surface area contributed by atoms with E-state index in [2.05, 4.69) is 75.6 Å². The van der Waals surface area contributed by atoms with E-state index in [1.807, 2.05) is 0 Å². The number of carbonyl (C=O) groups is 1. The molecule has 107 heavy (non-hydrogen) atoms. The molecule has 7 heterocycles. The third-order valence-electron chi connectivity index (χ3n) is 16.0. The first-order valence-electron chi connectivity index (χ1n) is 29.4. The average molecular weight is 1650 g/mol. The number of aromatic amines is 1. The number of H-pyrrole nitrogens is 1. The number of sulfonamides is 1. The Kier molecular flexibility index (Phi) is 18.0. The van der Waals surface area contributed by atoms with E-state index >= 15 is 8.42 Å². The normalized spacial score (nSPS) is 16.6. The van der Waals surface area contributed by atoms with Crippen molar-refractivity contribution in [2.75, 3.05) is 15.2 Å². The molecule has 10 N–H and O–H groups in total. The van der Waals surface area contributed by atoms with Crippen molar-refractivity contribution >= 4 is 199 Å². The number of halogens is 3. The van der Waals surface area contributed by atoms with Crippen LogP contribution in [0.2, 0.25) is 15.5 Å². The molecule has 0 saturated heterocycles. The largest absolute Gasteiger partial charge is 0.319 e. The van der Waals surface area contributed by atoms with Gasteiger partial charge in [0.1, 0.15) is 40.4 Å². The highest BCUT2D eigenvalue weighted by atomic mass is 35.5. The number of benzene rings is 7. The van der Waals surface area contributed by atoms with Gasteiger partial charge in [-0.3, -0.25) is 36.8 Å². The van der Waals surface area contributed by atoms with Crippen molar-refractivity contribution in [3.63, 3.8) is 0 Å². The van der Waals surface area contributed by atoms with Crippen LogP contribution in [0.1, 0.15) is 62.6 Å². The molecule has 7 aromatic carbocycles. The maximum atomic E-state index is 15.2. The number of aliphatic imine (C=N–C) groups is 8. The molecule has 0 radical (unpaired) electrons. The Hall–Kier alpha value is -10.5. The van der Waals surface area contributed by atoms with Gasteiger partial charge in [-0.2, -0.15) is 60.6 Å². The lowest BCUT2D eigenvalue weighted by molar-refractivity contribution is -0.118. The van der Waals surface area contributed by atoms with Gasteiger partial charge >= 0.3 is 0 Å². The summed E-state index contributed by atoms with van der Waals surface area (Å²) >= 11 is 18.2. The zero-order chi connectivity index (χ0) is 76.7. The third-order valence-corrected chi connectivity index (χ3v) is 23.8. The second kappa shape index (κ2) is 26.2. The molecular weight excluding hydrogens is 1610 g/mol. The zero-order valence-electron chi connectivity index (χ0n) is 52.5. The second-order valence-corrected chi connectivity index (χ2v) is 33.9. The van der Waals surface area contributed by atoms with E-state index in [4.69, 9.17) is 34.8 Å². The number of hydrazone groups is 1. The molecule has 0 aliphatic carbocycles. The number of aromatic nitrogens is 2. The van der Waals surface area contributed by atoms with E-state index in [-0.39, 0.29) is 71.3 Å². The summed E-state index contributed by atoms with van der Waals surface area (Å²) in [7, 11) is -36.3. The summed E-state index contributed by atoms with van der Waals surface area (Å²) in [6.45, 7) is 1.26. The predicted molar refractivity (Wildman–Crippen MR) is 386 cm³/mol. The first-order valence-corrected chi connectivity index (χ1v) is 40.7. The van der Waals surface area contributed by atoms with Crippen LogP contribution in [-0.4, -0.2) is 161 Å². The predicted octanol–water partition coefficient (Wildman–Crippen LogP) is 5.90. The van der Waals surface area contributed by atoms with Gasteiger partial charge in [-0.05, 0) is 90.3 Å². The number of carbonyl (C=O) groups excluding carboxylic acids is 1. The maximum Gasteiger partial charge on any atom is 0.297 e. The summed E-state index contributed by atoms with van der Waals surface area (Å²) in [5.41, 5.74) is -0.255. The Labute approximate surface area is 617 Å². The molecule has 1 amide bonds. The van der Waals surface area contributed by atoms with E-state index in [1.165, 1.54) is 79.7 Å². The summed E-state index contributed by atoms with van der Waals surface area (Å²) in [6.07, 6.45) is 2.29. The van der Waals surface area contributed by atoms with E-state index in [0.717, 1.165) is 66.7 Å². The fraction of sp³-hybridized carbons (Fsp3) is 0.0333. The molecule has 37 nitrogen and oxygen atoms in total. The molecule has 0 spiro atoms. The highest BCUT2D eigenvalue weighted by Crippen LogP contribution is 2.39. The summed E-state index contributed by atoms with van der Waals surface area (Å²) in [5, 5.41) is 3.84. The highest BCUT2D eigenvalue weighted by Gasteiger charge is 2.41. The number of fused-ring (bicyclic) bond motifs is 16. The number of amides is 1. The van der Waals surface area contributed by atoms with E-state index in [0.29, 0.717) is 5.01 Å². The van der Waals surface area contributed by atoms with Crippen molar-refractivity contribution in [1.82, 2.24) is 15.4 Å². The molecule has 6 aliphatic heterocycles. The number of nitrogens with one attached hydrogen (secondary N) is 4.